The molecule has 98 valence electrons. The smallest absolute Gasteiger partial charge is 0.162 e. The standard InChI is InChI=1S/C13H12IN3O2/c1-15-13-9(14)7-16-12(17-13)8-2-3-10-11(6-8)19-5-4-18-10/h2-3,6-7H,4-5H2,1H3,(H,15,16,17). The van der Waals surface area contributed by atoms with E-state index in [0.717, 1.165) is 26.5 Å². The van der Waals surface area contributed by atoms with Crippen LogP contribution >= 0.6 is 22.6 Å². The third-order valence-corrected chi connectivity index (χ3v) is 3.57. The second-order valence-corrected chi connectivity index (χ2v) is 5.16. The summed E-state index contributed by atoms with van der Waals surface area (Å²) >= 11 is 2.20. The molecule has 6 heteroatoms. The van der Waals surface area contributed by atoms with Crippen LogP contribution in [0.1, 0.15) is 0 Å². The molecule has 2 heterocycles. The molecule has 0 radical (unpaired) electrons. The molecular weight excluding hydrogens is 357 g/mol. The summed E-state index contributed by atoms with van der Waals surface area (Å²) in [5, 5.41) is 3.05. The maximum Gasteiger partial charge on any atom is 0.162 e. The second-order valence-electron chi connectivity index (χ2n) is 4.00. The Balaban J connectivity index is 2.02. The van der Waals surface area contributed by atoms with Crippen LogP contribution in [0.5, 0.6) is 11.5 Å². The first-order chi connectivity index (χ1) is 9.28. The van der Waals surface area contributed by atoms with Gasteiger partial charge in [0.25, 0.3) is 0 Å². The molecule has 0 fully saturated rings. The highest BCUT2D eigenvalue weighted by Crippen LogP contribution is 2.33. The molecule has 1 aromatic heterocycles. The van der Waals surface area contributed by atoms with Gasteiger partial charge in [-0.15, -0.1) is 0 Å². The molecule has 0 amide bonds. The Labute approximate surface area is 124 Å². The van der Waals surface area contributed by atoms with Gasteiger partial charge in [-0.05, 0) is 40.8 Å². The average Bonchev–Trinajstić information content (AvgIpc) is 2.47. The van der Waals surface area contributed by atoms with Crippen LogP contribution in [0.25, 0.3) is 11.4 Å². The van der Waals surface area contributed by atoms with Crippen molar-refractivity contribution in [2.24, 2.45) is 0 Å². The molecular formula is C13H12IN3O2. The minimum atomic E-state index is 0.575. The highest BCUT2D eigenvalue weighted by atomic mass is 127. The first-order valence-electron chi connectivity index (χ1n) is 5.88. The molecule has 0 saturated heterocycles. The lowest BCUT2D eigenvalue weighted by atomic mass is 10.2. The Kier molecular flexibility index (Phi) is 3.41. The molecule has 1 aromatic carbocycles. The summed E-state index contributed by atoms with van der Waals surface area (Å²) < 4.78 is 12.1. The van der Waals surface area contributed by atoms with Gasteiger partial charge in [0.2, 0.25) is 0 Å². The Morgan fingerprint density at radius 2 is 2.00 bits per heavy atom. The Hall–Kier alpha value is -1.57. The minimum absolute atomic E-state index is 0.575. The third-order valence-electron chi connectivity index (χ3n) is 2.78. The van der Waals surface area contributed by atoms with Crippen LogP contribution in [0.15, 0.2) is 24.4 Å². The normalized spacial score (nSPS) is 13.2. The molecule has 0 bridgehead atoms. The number of hydrogen-bond donors (Lipinski definition) is 1. The number of aromatic nitrogens is 2. The van der Waals surface area contributed by atoms with E-state index in [2.05, 4.69) is 37.9 Å². The molecule has 1 N–H and O–H groups in total. The van der Waals surface area contributed by atoms with Crippen LogP contribution in [-0.2, 0) is 0 Å². The van der Waals surface area contributed by atoms with Gasteiger partial charge in [0.05, 0.1) is 3.57 Å². The zero-order valence-corrected chi connectivity index (χ0v) is 12.5. The predicted octanol–water partition coefficient (Wildman–Crippen LogP) is 2.56. The van der Waals surface area contributed by atoms with Crippen molar-refractivity contribution in [2.45, 2.75) is 0 Å². The quantitative estimate of drug-likeness (QED) is 0.825. The van der Waals surface area contributed by atoms with Crippen molar-refractivity contribution in [2.75, 3.05) is 25.6 Å². The van der Waals surface area contributed by atoms with Gasteiger partial charge in [0, 0.05) is 18.8 Å². The SMILES string of the molecule is CNc1nc(-c2ccc3c(c2)OCCO3)ncc1I. The van der Waals surface area contributed by atoms with Crippen LogP contribution in [0, 0.1) is 3.57 Å². The van der Waals surface area contributed by atoms with Crippen molar-refractivity contribution in [1.82, 2.24) is 9.97 Å². The van der Waals surface area contributed by atoms with Gasteiger partial charge in [0.1, 0.15) is 19.0 Å². The van der Waals surface area contributed by atoms with Gasteiger partial charge in [-0.3, -0.25) is 0 Å². The molecule has 5 nitrogen and oxygen atoms in total. The summed E-state index contributed by atoms with van der Waals surface area (Å²) in [5.74, 6) is 3.01. The Morgan fingerprint density at radius 1 is 1.21 bits per heavy atom. The highest BCUT2D eigenvalue weighted by molar-refractivity contribution is 14.1. The van der Waals surface area contributed by atoms with E-state index in [-0.39, 0.29) is 0 Å². The topological polar surface area (TPSA) is 56.3 Å². The lowest BCUT2D eigenvalue weighted by Gasteiger charge is -2.18. The molecule has 1 aliphatic heterocycles. The van der Waals surface area contributed by atoms with E-state index >= 15 is 0 Å². The summed E-state index contributed by atoms with van der Waals surface area (Å²) in [6.45, 7) is 1.17. The monoisotopic (exact) mass is 369 g/mol. The molecule has 0 aliphatic carbocycles. The van der Waals surface area contributed by atoms with Gasteiger partial charge in [-0.2, -0.15) is 0 Å². The Bertz CT molecular complexity index is 619. The fourth-order valence-electron chi connectivity index (χ4n) is 1.86. The van der Waals surface area contributed by atoms with Gasteiger partial charge in [-0.25, -0.2) is 9.97 Å². The molecule has 3 rings (SSSR count). The number of ether oxygens (including phenoxy) is 2. The van der Waals surface area contributed by atoms with Crippen LogP contribution < -0.4 is 14.8 Å². The van der Waals surface area contributed by atoms with E-state index in [1.165, 1.54) is 0 Å². The average molecular weight is 369 g/mol. The van der Waals surface area contributed by atoms with Gasteiger partial charge < -0.3 is 14.8 Å². The largest absolute Gasteiger partial charge is 0.486 e. The minimum Gasteiger partial charge on any atom is -0.486 e. The molecule has 0 unspecified atom stereocenters. The number of nitrogens with one attached hydrogen (secondary N) is 1. The summed E-state index contributed by atoms with van der Waals surface area (Å²) in [6.07, 6.45) is 1.80. The predicted molar refractivity (Wildman–Crippen MR) is 80.7 cm³/mol. The summed E-state index contributed by atoms with van der Waals surface area (Å²) in [5.41, 5.74) is 0.914. The van der Waals surface area contributed by atoms with Crippen molar-refractivity contribution in [3.8, 4) is 22.9 Å². The first-order valence-corrected chi connectivity index (χ1v) is 6.96. The number of hydrogen-bond acceptors (Lipinski definition) is 5. The van der Waals surface area contributed by atoms with Crippen LogP contribution in [-0.4, -0.2) is 30.2 Å². The van der Waals surface area contributed by atoms with E-state index in [1.54, 1.807) is 6.20 Å². The number of benzene rings is 1. The summed E-state index contributed by atoms with van der Waals surface area (Å²) in [7, 11) is 1.85. The molecule has 2 aromatic rings. The van der Waals surface area contributed by atoms with E-state index in [9.17, 15) is 0 Å². The van der Waals surface area contributed by atoms with Crippen LogP contribution in [0.2, 0.25) is 0 Å². The number of rotatable bonds is 2. The summed E-state index contributed by atoms with van der Waals surface area (Å²) in [4.78, 5) is 8.83. The number of fused-ring (bicyclic) bond motifs is 1. The van der Waals surface area contributed by atoms with Crippen LogP contribution in [0.4, 0.5) is 5.82 Å². The van der Waals surface area contributed by atoms with Gasteiger partial charge in [0.15, 0.2) is 17.3 Å². The lowest BCUT2D eigenvalue weighted by Crippen LogP contribution is -2.15. The fourth-order valence-corrected chi connectivity index (χ4v) is 2.39. The van der Waals surface area contributed by atoms with Crippen molar-refractivity contribution in [1.29, 1.82) is 0 Å². The fraction of sp³-hybridized carbons (Fsp3) is 0.231. The second kappa shape index (κ2) is 5.20. The van der Waals surface area contributed by atoms with E-state index < -0.39 is 0 Å². The Morgan fingerprint density at radius 3 is 2.79 bits per heavy atom. The zero-order valence-electron chi connectivity index (χ0n) is 10.3. The van der Waals surface area contributed by atoms with Gasteiger partial charge >= 0.3 is 0 Å². The van der Waals surface area contributed by atoms with Crippen molar-refractivity contribution < 1.29 is 9.47 Å². The van der Waals surface area contributed by atoms with Crippen molar-refractivity contribution >= 4 is 28.4 Å². The van der Waals surface area contributed by atoms with Crippen molar-refractivity contribution in [3.05, 3.63) is 28.0 Å². The van der Waals surface area contributed by atoms with Crippen molar-refractivity contribution in [3.63, 3.8) is 0 Å². The van der Waals surface area contributed by atoms with E-state index in [4.69, 9.17) is 9.47 Å². The number of anilines is 1. The molecule has 0 atom stereocenters. The van der Waals surface area contributed by atoms with E-state index in [0.29, 0.717) is 19.0 Å². The lowest BCUT2D eigenvalue weighted by molar-refractivity contribution is 0.171. The third kappa shape index (κ3) is 2.44. The maximum atomic E-state index is 5.57. The molecule has 1 aliphatic rings. The number of halogens is 1. The zero-order chi connectivity index (χ0) is 13.2. The first kappa shape index (κ1) is 12.5. The maximum absolute atomic E-state index is 5.57. The molecule has 19 heavy (non-hydrogen) atoms. The number of nitrogens with zero attached hydrogens (tertiary/aromatic N) is 2. The molecule has 0 spiro atoms. The molecule has 0 saturated carbocycles. The highest BCUT2D eigenvalue weighted by Gasteiger charge is 2.14. The van der Waals surface area contributed by atoms with Crippen LogP contribution in [0.3, 0.4) is 0 Å². The van der Waals surface area contributed by atoms with Gasteiger partial charge in [-0.1, -0.05) is 0 Å². The summed E-state index contributed by atoms with van der Waals surface area (Å²) in [6, 6.07) is 5.75. The van der Waals surface area contributed by atoms with E-state index in [1.807, 2.05) is 25.2 Å².